The van der Waals surface area contributed by atoms with Gasteiger partial charge in [-0.3, -0.25) is 0 Å². The van der Waals surface area contributed by atoms with Crippen LogP contribution in [-0.4, -0.2) is 33.9 Å². The first-order chi connectivity index (χ1) is 13.0. The summed E-state index contributed by atoms with van der Waals surface area (Å²) in [7, 11) is 4.62. The fourth-order valence-electron chi connectivity index (χ4n) is 2.70. The van der Waals surface area contributed by atoms with Gasteiger partial charge in [0.1, 0.15) is 5.82 Å². The van der Waals surface area contributed by atoms with E-state index in [4.69, 9.17) is 14.2 Å². The number of carbonyl (C=O) groups is 1. The Hall–Kier alpha value is -2.96. The third kappa shape index (κ3) is 5.51. The minimum Gasteiger partial charge on any atom is -0.493 e. The monoisotopic (exact) mass is 376 g/mol. The number of methoxy groups -OCH3 is 3. The average Bonchev–Trinajstić information content (AvgIpc) is 2.66. The third-order valence-electron chi connectivity index (χ3n) is 4.12. The maximum atomic E-state index is 13.2. The molecule has 7 heteroatoms. The molecule has 0 saturated carbocycles. The Kier molecular flexibility index (Phi) is 7.28. The zero-order valence-electron chi connectivity index (χ0n) is 16.0. The van der Waals surface area contributed by atoms with Crippen LogP contribution in [0.2, 0.25) is 0 Å². The fourth-order valence-corrected chi connectivity index (χ4v) is 2.70. The highest BCUT2D eigenvalue weighted by molar-refractivity contribution is 5.74. The molecule has 27 heavy (non-hydrogen) atoms. The molecule has 0 aliphatic carbocycles. The zero-order chi connectivity index (χ0) is 19.8. The van der Waals surface area contributed by atoms with Gasteiger partial charge in [0.25, 0.3) is 0 Å². The van der Waals surface area contributed by atoms with Gasteiger partial charge in [-0.2, -0.15) is 0 Å². The Labute approximate surface area is 158 Å². The van der Waals surface area contributed by atoms with Gasteiger partial charge < -0.3 is 24.8 Å². The molecular weight excluding hydrogens is 351 g/mol. The second kappa shape index (κ2) is 9.66. The van der Waals surface area contributed by atoms with Crippen molar-refractivity contribution in [3.8, 4) is 17.2 Å². The van der Waals surface area contributed by atoms with Gasteiger partial charge in [-0.15, -0.1) is 0 Å². The molecule has 2 rings (SSSR count). The lowest BCUT2D eigenvalue weighted by Crippen LogP contribution is -2.38. The molecule has 0 heterocycles. The maximum Gasteiger partial charge on any atom is 0.315 e. The molecule has 0 aliphatic rings. The van der Waals surface area contributed by atoms with E-state index in [0.717, 1.165) is 11.1 Å². The van der Waals surface area contributed by atoms with E-state index in [1.807, 2.05) is 13.0 Å². The topological polar surface area (TPSA) is 68.8 Å². The average molecular weight is 376 g/mol. The summed E-state index contributed by atoms with van der Waals surface area (Å²) in [5, 5.41) is 5.63. The second-order valence-electron chi connectivity index (χ2n) is 5.96. The predicted octanol–water partition coefficient (Wildman–Crippen LogP) is 3.45. The first kappa shape index (κ1) is 20.4. The molecule has 6 nitrogen and oxygen atoms in total. The Bertz CT molecular complexity index is 757. The van der Waals surface area contributed by atoms with Crippen molar-refractivity contribution in [3.63, 3.8) is 0 Å². The molecule has 146 valence electrons. The van der Waals surface area contributed by atoms with Crippen LogP contribution in [0.25, 0.3) is 0 Å². The smallest absolute Gasteiger partial charge is 0.315 e. The zero-order valence-corrected chi connectivity index (χ0v) is 16.0. The van der Waals surface area contributed by atoms with Crippen molar-refractivity contribution in [2.45, 2.75) is 19.4 Å². The lowest BCUT2D eigenvalue weighted by molar-refractivity contribution is 0.238. The van der Waals surface area contributed by atoms with Gasteiger partial charge in [0, 0.05) is 6.54 Å². The summed E-state index contributed by atoms with van der Waals surface area (Å²) >= 11 is 0. The number of hydrogen-bond donors (Lipinski definition) is 2. The van der Waals surface area contributed by atoms with Crippen molar-refractivity contribution >= 4 is 6.03 Å². The van der Waals surface area contributed by atoms with Gasteiger partial charge in [-0.05, 0) is 48.7 Å². The summed E-state index contributed by atoms with van der Waals surface area (Å²) in [5.74, 6) is 1.25. The largest absolute Gasteiger partial charge is 0.493 e. The standard InChI is InChI=1S/C20H25FN2O4/c1-13(15-11-17(25-2)19(27-4)18(12-15)26-3)23-20(24)22-9-8-14-6-5-7-16(21)10-14/h5-7,10-13H,8-9H2,1-4H3,(H2,22,23,24). The molecule has 0 fully saturated rings. The van der Waals surface area contributed by atoms with E-state index in [2.05, 4.69) is 10.6 Å². The summed E-state index contributed by atoms with van der Waals surface area (Å²) in [6, 6.07) is 9.30. The van der Waals surface area contributed by atoms with E-state index >= 15 is 0 Å². The number of halogens is 1. The number of carbonyl (C=O) groups excluding carboxylic acids is 1. The van der Waals surface area contributed by atoms with E-state index in [9.17, 15) is 9.18 Å². The highest BCUT2D eigenvalue weighted by atomic mass is 19.1. The van der Waals surface area contributed by atoms with E-state index in [1.165, 1.54) is 33.5 Å². The number of amides is 2. The summed E-state index contributed by atoms with van der Waals surface area (Å²) in [6.07, 6.45) is 0.545. The minimum absolute atomic E-state index is 0.284. The Morgan fingerprint density at radius 2 is 1.74 bits per heavy atom. The lowest BCUT2D eigenvalue weighted by atomic mass is 10.1. The van der Waals surface area contributed by atoms with Gasteiger partial charge in [0.05, 0.1) is 27.4 Å². The molecule has 1 atom stereocenters. The van der Waals surface area contributed by atoms with E-state index in [1.54, 1.807) is 18.2 Å². The van der Waals surface area contributed by atoms with Crippen LogP contribution in [0.3, 0.4) is 0 Å². The van der Waals surface area contributed by atoms with Crippen LogP contribution in [0.5, 0.6) is 17.2 Å². The van der Waals surface area contributed by atoms with E-state index in [-0.39, 0.29) is 17.9 Å². The molecule has 0 aliphatic heterocycles. The van der Waals surface area contributed by atoms with Crippen LogP contribution >= 0.6 is 0 Å². The predicted molar refractivity (Wildman–Crippen MR) is 101 cm³/mol. The van der Waals surface area contributed by atoms with Crippen LogP contribution in [-0.2, 0) is 6.42 Å². The fraction of sp³-hybridized carbons (Fsp3) is 0.350. The van der Waals surface area contributed by atoms with Gasteiger partial charge in [0.2, 0.25) is 5.75 Å². The molecule has 2 aromatic rings. The lowest BCUT2D eigenvalue weighted by Gasteiger charge is -2.19. The quantitative estimate of drug-likeness (QED) is 0.740. The van der Waals surface area contributed by atoms with Crippen LogP contribution in [0.4, 0.5) is 9.18 Å². The van der Waals surface area contributed by atoms with Crippen molar-refractivity contribution in [2.24, 2.45) is 0 Å². The van der Waals surface area contributed by atoms with E-state index < -0.39 is 0 Å². The van der Waals surface area contributed by atoms with Gasteiger partial charge in [0.15, 0.2) is 11.5 Å². The third-order valence-corrected chi connectivity index (χ3v) is 4.12. The molecule has 0 saturated heterocycles. The van der Waals surface area contributed by atoms with Crippen molar-refractivity contribution in [3.05, 3.63) is 53.3 Å². The van der Waals surface area contributed by atoms with E-state index in [0.29, 0.717) is 30.2 Å². The molecular formula is C20H25FN2O4. The molecule has 2 aromatic carbocycles. The molecule has 0 aromatic heterocycles. The summed E-state index contributed by atoms with van der Waals surface area (Å²) in [4.78, 5) is 12.1. The highest BCUT2D eigenvalue weighted by Gasteiger charge is 2.17. The second-order valence-corrected chi connectivity index (χ2v) is 5.96. The summed E-state index contributed by atoms with van der Waals surface area (Å²) < 4.78 is 29.1. The molecule has 0 spiro atoms. The normalized spacial score (nSPS) is 11.4. The molecule has 0 bridgehead atoms. The molecule has 0 radical (unpaired) electrons. The first-order valence-electron chi connectivity index (χ1n) is 8.57. The molecule has 2 amide bonds. The van der Waals surface area contributed by atoms with Crippen LogP contribution in [0, 0.1) is 5.82 Å². The summed E-state index contributed by atoms with van der Waals surface area (Å²) in [5.41, 5.74) is 1.64. The number of hydrogen-bond acceptors (Lipinski definition) is 4. The van der Waals surface area contributed by atoms with Crippen molar-refractivity contribution in [1.29, 1.82) is 0 Å². The Morgan fingerprint density at radius 1 is 1.07 bits per heavy atom. The van der Waals surface area contributed by atoms with Crippen molar-refractivity contribution in [2.75, 3.05) is 27.9 Å². The number of ether oxygens (including phenoxy) is 3. The number of nitrogens with one attached hydrogen (secondary N) is 2. The number of urea groups is 1. The molecule has 1 unspecified atom stereocenters. The van der Waals surface area contributed by atoms with Crippen LogP contribution in [0.15, 0.2) is 36.4 Å². The Morgan fingerprint density at radius 3 is 2.30 bits per heavy atom. The van der Waals surface area contributed by atoms with Crippen LogP contribution < -0.4 is 24.8 Å². The van der Waals surface area contributed by atoms with Gasteiger partial charge in [-0.1, -0.05) is 12.1 Å². The van der Waals surface area contributed by atoms with Crippen molar-refractivity contribution < 1.29 is 23.4 Å². The summed E-state index contributed by atoms with van der Waals surface area (Å²) in [6.45, 7) is 2.25. The maximum absolute atomic E-state index is 13.2. The van der Waals surface area contributed by atoms with Crippen LogP contribution in [0.1, 0.15) is 24.1 Å². The first-order valence-corrected chi connectivity index (χ1v) is 8.57. The van der Waals surface area contributed by atoms with Gasteiger partial charge >= 0.3 is 6.03 Å². The minimum atomic E-state index is -0.312. The molecule has 2 N–H and O–H groups in total. The number of rotatable bonds is 8. The Balaban J connectivity index is 1.95. The van der Waals surface area contributed by atoms with Gasteiger partial charge in [-0.25, -0.2) is 9.18 Å². The van der Waals surface area contributed by atoms with Crippen molar-refractivity contribution in [1.82, 2.24) is 10.6 Å². The SMILES string of the molecule is COc1cc(C(C)NC(=O)NCCc2cccc(F)c2)cc(OC)c1OC. The highest BCUT2D eigenvalue weighted by Crippen LogP contribution is 2.39. The number of benzene rings is 2.